The molecule has 0 saturated heterocycles. The van der Waals surface area contributed by atoms with Gasteiger partial charge in [0.05, 0.1) is 6.42 Å². The van der Waals surface area contributed by atoms with Crippen LogP contribution in [0, 0.1) is 0 Å². The van der Waals surface area contributed by atoms with Crippen LogP contribution >= 0.6 is 0 Å². The van der Waals surface area contributed by atoms with Gasteiger partial charge in [-0.15, -0.1) is 0 Å². The van der Waals surface area contributed by atoms with Crippen LogP contribution in [0.25, 0.3) is 0 Å². The number of hydrogen-bond acceptors (Lipinski definition) is 3. The van der Waals surface area contributed by atoms with E-state index in [2.05, 4.69) is 0 Å². The molecule has 0 bridgehead atoms. The first-order valence-electron chi connectivity index (χ1n) is 4.77. The molecule has 1 aromatic rings. The number of aliphatic carboxylic acids is 1. The largest absolute Gasteiger partial charge is 0.481 e. The lowest BCUT2D eigenvalue weighted by Gasteiger charge is -2.01. The Bertz CT molecular complexity index is 381. The molecule has 1 aromatic carbocycles. The SMILES string of the molecule is O=C(O)C/C=C/C(=O)OCc1ccccc1. The Morgan fingerprint density at radius 2 is 1.94 bits per heavy atom. The van der Waals surface area contributed by atoms with Crippen LogP contribution in [0.1, 0.15) is 12.0 Å². The van der Waals surface area contributed by atoms with Crippen molar-refractivity contribution < 1.29 is 19.4 Å². The third-order valence-electron chi connectivity index (χ3n) is 1.77. The minimum absolute atomic E-state index is 0.180. The van der Waals surface area contributed by atoms with Crippen molar-refractivity contribution in [2.75, 3.05) is 0 Å². The van der Waals surface area contributed by atoms with E-state index in [0.29, 0.717) is 0 Å². The van der Waals surface area contributed by atoms with Gasteiger partial charge >= 0.3 is 11.9 Å². The van der Waals surface area contributed by atoms with Gasteiger partial charge in [-0.3, -0.25) is 4.79 Å². The predicted octanol–water partition coefficient (Wildman–Crippen LogP) is 1.76. The molecule has 16 heavy (non-hydrogen) atoms. The summed E-state index contributed by atoms with van der Waals surface area (Å²) in [5.41, 5.74) is 0.891. The zero-order chi connectivity index (χ0) is 11.8. The molecule has 0 heterocycles. The average molecular weight is 220 g/mol. The van der Waals surface area contributed by atoms with Crippen LogP contribution in [0.5, 0.6) is 0 Å². The molecule has 0 aliphatic heterocycles. The standard InChI is InChI=1S/C12H12O4/c13-11(14)7-4-8-12(15)16-9-10-5-2-1-3-6-10/h1-6,8H,7,9H2,(H,13,14)/b8-4+. The lowest BCUT2D eigenvalue weighted by atomic mass is 10.2. The molecular weight excluding hydrogens is 208 g/mol. The number of carboxylic acids is 1. The molecular formula is C12H12O4. The molecule has 0 radical (unpaired) electrons. The van der Waals surface area contributed by atoms with Crippen molar-refractivity contribution in [3.8, 4) is 0 Å². The highest BCUT2D eigenvalue weighted by molar-refractivity contribution is 5.82. The second-order valence-corrected chi connectivity index (χ2v) is 3.09. The number of carbonyl (C=O) groups is 2. The molecule has 0 aliphatic carbocycles. The van der Waals surface area contributed by atoms with E-state index in [-0.39, 0.29) is 13.0 Å². The van der Waals surface area contributed by atoms with Crippen LogP contribution < -0.4 is 0 Å². The lowest BCUT2D eigenvalue weighted by Crippen LogP contribution is -2.01. The molecule has 0 aliphatic rings. The van der Waals surface area contributed by atoms with Crippen LogP contribution in [0.3, 0.4) is 0 Å². The molecule has 84 valence electrons. The second-order valence-electron chi connectivity index (χ2n) is 3.09. The van der Waals surface area contributed by atoms with E-state index in [1.807, 2.05) is 30.3 Å². The number of benzene rings is 1. The van der Waals surface area contributed by atoms with E-state index in [1.165, 1.54) is 6.08 Å². The van der Waals surface area contributed by atoms with E-state index in [1.54, 1.807) is 0 Å². The Morgan fingerprint density at radius 3 is 2.56 bits per heavy atom. The first-order chi connectivity index (χ1) is 7.68. The Labute approximate surface area is 93.2 Å². The molecule has 0 atom stereocenters. The van der Waals surface area contributed by atoms with Gasteiger partial charge in [0, 0.05) is 6.08 Å². The van der Waals surface area contributed by atoms with E-state index in [0.717, 1.165) is 11.6 Å². The number of ether oxygens (including phenoxy) is 1. The smallest absolute Gasteiger partial charge is 0.330 e. The fourth-order valence-electron chi connectivity index (χ4n) is 1.03. The van der Waals surface area contributed by atoms with Gasteiger partial charge in [0.1, 0.15) is 6.61 Å². The normalized spacial score (nSPS) is 10.2. The van der Waals surface area contributed by atoms with Crippen LogP contribution in [0.4, 0.5) is 0 Å². The van der Waals surface area contributed by atoms with Crippen molar-refractivity contribution in [3.63, 3.8) is 0 Å². The second kappa shape index (κ2) is 6.40. The molecule has 4 nitrogen and oxygen atoms in total. The third kappa shape index (κ3) is 4.95. The Hall–Kier alpha value is -2.10. The van der Waals surface area contributed by atoms with Gasteiger partial charge in [0.2, 0.25) is 0 Å². The maximum Gasteiger partial charge on any atom is 0.330 e. The van der Waals surface area contributed by atoms with Gasteiger partial charge in [-0.2, -0.15) is 0 Å². The summed E-state index contributed by atoms with van der Waals surface area (Å²) < 4.78 is 4.89. The van der Waals surface area contributed by atoms with E-state index in [4.69, 9.17) is 9.84 Å². The zero-order valence-corrected chi connectivity index (χ0v) is 8.63. The van der Waals surface area contributed by atoms with Crippen molar-refractivity contribution in [2.45, 2.75) is 13.0 Å². The number of carboxylic acid groups (broad SMARTS) is 1. The first-order valence-corrected chi connectivity index (χ1v) is 4.77. The maximum absolute atomic E-state index is 11.1. The summed E-state index contributed by atoms with van der Waals surface area (Å²) in [7, 11) is 0. The van der Waals surface area contributed by atoms with Gasteiger partial charge in [-0.1, -0.05) is 36.4 Å². The van der Waals surface area contributed by atoms with Crippen LogP contribution in [0.15, 0.2) is 42.5 Å². The van der Waals surface area contributed by atoms with E-state index in [9.17, 15) is 9.59 Å². The predicted molar refractivity (Wildman–Crippen MR) is 57.6 cm³/mol. The van der Waals surface area contributed by atoms with Crippen LogP contribution in [-0.2, 0) is 20.9 Å². The highest BCUT2D eigenvalue weighted by Crippen LogP contribution is 2.00. The van der Waals surface area contributed by atoms with Gasteiger partial charge in [-0.05, 0) is 5.56 Å². The van der Waals surface area contributed by atoms with Gasteiger partial charge in [0.25, 0.3) is 0 Å². The van der Waals surface area contributed by atoms with Crippen molar-refractivity contribution >= 4 is 11.9 Å². The molecule has 0 fully saturated rings. The molecule has 0 saturated carbocycles. The summed E-state index contributed by atoms with van der Waals surface area (Å²) in [5, 5.41) is 8.33. The van der Waals surface area contributed by atoms with E-state index < -0.39 is 11.9 Å². The van der Waals surface area contributed by atoms with Gasteiger partial charge in [-0.25, -0.2) is 4.79 Å². The van der Waals surface area contributed by atoms with Crippen molar-refractivity contribution in [3.05, 3.63) is 48.0 Å². The van der Waals surface area contributed by atoms with Crippen molar-refractivity contribution in [2.24, 2.45) is 0 Å². The van der Waals surface area contributed by atoms with Gasteiger partial charge in [0.15, 0.2) is 0 Å². The third-order valence-corrected chi connectivity index (χ3v) is 1.77. The lowest BCUT2D eigenvalue weighted by molar-refractivity contribution is -0.139. The molecule has 1 N–H and O–H groups in total. The fourth-order valence-corrected chi connectivity index (χ4v) is 1.03. The minimum Gasteiger partial charge on any atom is -0.481 e. The summed E-state index contributed by atoms with van der Waals surface area (Å²) >= 11 is 0. The summed E-state index contributed by atoms with van der Waals surface area (Å²) in [6, 6.07) is 9.26. The summed E-state index contributed by atoms with van der Waals surface area (Å²) in [5.74, 6) is -1.52. The summed E-state index contributed by atoms with van der Waals surface area (Å²) in [4.78, 5) is 21.3. The number of hydrogen-bond donors (Lipinski definition) is 1. The monoisotopic (exact) mass is 220 g/mol. The van der Waals surface area contributed by atoms with E-state index >= 15 is 0 Å². The number of rotatable bonds is 5. The molecule has 0 spiro atoms. The fraction of sp³-hybridized carbons (Fsp3) is 0.167. The first kappa shape index (κ1) is 12.0. The molecule has 4 heteroatoms. The molecule has 1 rings (SSSR count). The zero-order valence-electron chi connectivity index (χ0n) is 8.63. The van der Waals surface area contributed by atoms with Crippen LogP contribution in [-0.4, -0.2) is 17.0 Å². The van der Waals surface area contributed by atoms with Crippen molar-refractivity contribution in [1.29, 1.82) is 0 Å². The minimum atomic E-state index is -0.980. The topological polar surface area (TPSA) is 63.6 Å². The summed E-state index contributed by atoms with van der Waals surface area (Å²) in [6.07, 6.45) is 2.20. The van der Waals surface area contributed by atoms with Crippen LogP contribution in [0.2, 0.25) is 0 Å². The highest BCUT2D eigenvalue weighted by atomic mass is 16.5. The summed E-state index contributed by atoms with van der Waals surface area (Å²) in [6.45, 7) is 0.192. The van der Waals surface area contributed by atoms with Gasteiger partial charge < -0.3 is 9.84 Å². The molecule has 0 unspecified atom stereocenters. The Kier molecular flexibility index (Phi) is 4.79. The van der Waals surface area contributed by atoms with Crippen molar-refractivity contribution in [1.82, 2.24) is 0 Å². The Morgan fingerprint density at radius 1 is 1.25 bits per heavy atom. The molecule has 0 aromatic heterocycles. The quantitative estimate of drug-likeness (QED) is 0.606. The number of carbonyl (C=O) groups excluding carboxylic acids is 1. The Balaban J connectivity index is 2.30. The highest BCUT2D eigenvalue weighted by Gasteiger charge is 1.98. The maximum atomic E-state index is 11.1. The molecule has 0 amide bonds. The number of esters is 1. The average Bonchev–Trinajstić information content (AvgIpc) is 2.27.